The number of hydrogen-bond donors (Lipinski definition) is 6. The SMILES string of the molecule is CC1=C(C(=O)OCc2ccc(/C(=N/N)NN)cc2)C(c2cccc3ccccc23)N(NN)C(N)=N1. The number of fused-ring (bicyclic) bond motifs is 1. The molecule has 3 aromatic carbocycles. The van der Waals surface area contributed by atoms with E-state index < -0.39 is 12.0 Å². The highest BCUT2D eigenvalue weighted by Gasteiger charge is 2.36. The van der Waals surface area contributed by atoms with Crippen LogP contribution in [0.4, 0.5) is 0 Å². The summed E-state index contributed by atoms with van der Waals surface area (Å²) in [4.78, 5) is 17.7. The number of esters is 1. The molecular formula is C24H27N9O2. The first kappa shape index (κ1) is 23.7. The van der Waals surface area contributed by atoms with Gasteiger partial charge in [-0.2, -0.15) is 10.6 Å². The van der Waals surface area contributed by atoms with Crippen molar-refractivity contribution in [3.8, 4) is 0 Å². The lowest BCUT2D eigenvalue weighted by atomic mass is 9.91. The zero-order valence-electron chi connectivity index (χ0n) is 19.1. The molecule has 11 nitrogen and oxygen atoms in total. The molecule has 0 saturated heterocycles. The number of aliphatic imine (C=N–C) groups is 1. The Balaban J connectivity index is 1.65. The maximum atomic E-state index is 13.4. The van der Waals surface area contributed by atoms with Crippen molar-refractivity contribution >= 4 is 28.5 Å². The molecule has 1 unspecified atom stereocenters. The molecule has 4 rings (SSSR count). The van der Waals surface area contributed by atoms with E-state index in [1.165, 1.54) is 5.01 Å². The highest BCUT2D eigenvalue weighted by atomic mass is 16.5. The van der Waals surface area contributed by atoms with Crippen molar-refractivity contribution in [3.63, 3.8) is 0 Å². The summed E-state index contributed by atoms with van der Waals surface area (Å²) >= 11 is 0. The fourth-order valence-corrected chi connectivity index (χ4v) is 4.11. The Hall–Kier alpha value is -4.45. The number of hydrogen-bond acceptors (Lipinski definition) is 10. The van der Waals surface area contributed by atoms with Gasteiger partial charge in [-0.3, -0.25) is 10.9 Å². The lowest BCUT2D eigenvalue weighted by Crippen LogP contribution is -2.54. The first-order valence-electron chi connectivity index (χ1n) is 10.8. The summed E-state index contributed by atoms with van der Waals surface area (Å²) in [7, 11) is 0. The molecule has 10 N–H and O–H groups in total. The number of rotatable bonds is 6. The number of nitrogens with two attached hydrogens (primary N) is 4. The standard InChI is InChI=1S/C24H27N9O2/c1-14-20(23(34)35-13-15-9-11-17(12-10-15)22(30-26)31-27)21(33(32-28)24(25)29-14)19-8-4-6-16-5-2-3-7-18(16)19/h2-12,21,32H,13,26-28H2,1H3,(H2,25,29)(H,30,31). The summed E-state index contributed by atoms with van der Waals surface area (Å²) < 4.78 is 5.69. The van der Waals surface area contributed by atoms with Crippen LogP contribution in [-0.2, 0) is 16.1 Å². The summed E-state index contributed by atoms with van der Waals surface area (Å²) in [6, 6.07) is 20.2. The van der Waals surface area contributed by atoms with Crippen LogP contribution < -0.4 is 34.2 Å². The summed E-state index contributed by atoms with van der Waals surface area (Å²) in [6.45, 7) is 1.76. The van der Waals surface area contributed by atoms with Gasteiger partial charge in [0.15, 0.2) is 5.84 Å². The average molecular weight is 474 g/mol. The van der Waals surface area contributed by atoms with E-state index in [0.29, 0.717) is 22.7 Å². The van der Waals surface area contributed by atoms with Crippen molar-refractivity contribution in [2.24, 2.45) is 33.4 Å². The quantitative estimate of drug-likeness (QED) is 0.0999. The zero-order chi connectivity index (χ0) is 24.9. The van der Waals surface area contributed by atoms with E-state index in [-0.39, 0.29) is 12.6 Å². The van der Waals surface area contributed by atoms with Gasteiger partial charge in [-0.25, -0.2) is 15.6 Å². The summed E-state index contributed by atoms with van der Waals surface area (Å²) in [6.07, 6.45) is 0. The van der Waals surface area contributed by atoms with E-state index in [1.807, 2.05) is 42.5 Å². The van der Waals surface area contributed by atoms with E-state index in [1.54, 1.807) is 31.2 Å². The van der Waals surface area contributed by atoms with Crippen LogP contribution in [0.25, 0.3) is 10.8 Å². The molecule has 0 aromatic heterocycles. The first-order chi connectivity index (χ1) is 17.0. The molecular weight excluding hydrogens is 446 g/mol. The number of hydrazone groups is 1. The Kier molecular flexibility index (Phi) is 6.92. The number of benzene rings is 3. The first-order valence-corrected chi connectivity index (χ1v) is 10.8. The molecule has 0 saturated carbocycles. The Bertz CT molecular complexity index is 1330. The maximum absolute atomic E-state index is 13.4. The third-order valence-corrected chi connectivity index (χ3v) is 5.79. The zero-order valence-corrected chi connectivity index (χ0v) is 19.1. The van der Waals surface area contributed by atoms with Crippen LogP contribution >= 0.6 is 0 Å². The Morgan fingerprint density at radius 3 is 2.49 bits per heavy atom. The number of amidine groups is 1. The molecule has 0 radical (unpaired) electrons. The van der Waals surface area contributed by atoms with Crippen LogP contribution in [0.15, 0.2) is 88.1 Å². The molecule has 180 valence electrons. The Labute approximate surface area is 202 Å². The third-order valence-electron chi connectivity index (χ3n) is 5.79. The molecule has 1 atom stereocenters. The number of guanidine groups is 1. The van der Waals surface area contributed by atoms with Crippen LogP contribution in [0.5, 0.6) is 0 Å². The fourth-order valence-electron chi connectivity index (χ4n) is 4.11. The molecule has 0 amide bonds. The van der Waals surface area contributed by atoms with E-state index in [2.05, 4.69) is 21.1 Å². The molecule has 1 heterocycles. The van der Waals surface area contributed by atoms with Crippen molar-refractivity contribution < 1.29 is 9.53 Å². The van der Waals surface area contributed by atoms with Crippen LogP contribution in [0.2, 0.25) is 0 Å². The largest absolute Gasteiger partial charge is 0.457 e. The highest BCUT2D eigenvalue weighted by Crippen LogP contribution is 2.37. The van der Waals surface area contributed by atoms with E-state index >= 15 is 0 Å². The van der Waals surface area contributed by atoms with Gasteiger partial charge >= 0.3 is 5.97 Å². The smallest absolute Gasteiger partial charge is 0.338 e. The molecule has 35 heavy (non-hydrogen) atoms. The van der Waals surface area contributed by atoms with Gasteiger partial charge in [0.1, 0.15) is 12.6 Å². The maximum Gasteiger partial charge on any atom is 0.338 e. The summed E-state index contributed by atoms with van der Waals surface area (Å²) in [5.74, 6) is 16.5. The molecule has 1 aliphatic rings. The normalized spacial score (nSPS) is 16.3. The second-order valence-electron chi connectivity index (χ2n) is 7.83. The molecule has 0 bridgehead atoms. The van der Waals surface area contributed by atoms with Crippen molar-refractivity contribution in [1.82, 2.24) is 16.0 Å². The van der Waals surface area contributed by atoms with Gasteiger partial charge in [0, 0.05) is 5.56 Å². The second-order valence-corrected chi connectivity index (χ2v) is 7.83. The Morgan fingerprint density at radius 1 is 1.09 bits per heavy atom. The molecule has 0 fully saturated rings. The predicted octanol–water partition coefficient (Wildman–Crippen LogP) is 0.991. The van der Waals surface area contributed by atoms with Crippen LogP contribution in [-0.4, -0.2) is 22.8 Å². The lowest BCUT2D eigenvalue weighted by Gasteiger charge is -2.36. The minimum Gasteiger partial charge on any atom is -0.457 e. The number of allylic oxidation sites excluding steroid dienone is 1. The molecule has 0 aliphatic carbocycles. The fraction of sp³-hybridized carbons (Fsp3) is 0.125. The highest BCUT2D eigenvalue weighted by molar-refractivity contribution is 5.98. The van der Waals surface area contributed by atoms with Gasteiger partial charge in [-0.05, 0) is 28.8 Å². The topological polar surface area (TPSA) is 182 Å². The lowest BCUT2D eigenvalue weighted by molar-refractivity contribution is -0.141. The number of carbonyl (C=O) groups is 1. The summed E-state index contributed by atoms with van der Waals surface area (Å²) in [5, 5.41) is 7.00. The van der Waals surface area contributed by atoms with Crippen LogP contribution in [0, 0.1) is 0 Å². The van der Waals surface area contributed by atoms with E-state index in [0.717, 1.165) is 21.9 Å². The van der Waals surface area contributed by atoms with Gasteiger partial charge in [0.2, 0.25) is 5.96 Å². The predicted molar refractivity (Wildman–Crippen MR) is 134 cm³/mol. The van der Waals surface area contributed by atoms with E-state index in [4.69, 9.17) is 28.0 Å². The number of nitrogens with zero attached hydrogens (tertiary/aromatic N) is 3. The molecule has 11 heteroatoms. The average Bonchev–Trinajstić information content (AvgIpc) is 2.88. The van der Waals surface area contributed by atoms with Gasteiger partial charge < -0.3 is 21.7 Å². The number of nitrogens with one attached hydrogen (secondary N) is 2. The third kappa shape index (κ3) is 4.64. The number of carbonyl (C=O) groups excluding carboxylic acids is 1. The molecule has 0 spiro atoms. The van der Waals surface area contributed by atoms with Crippen molar-refractivity contribution in [1.29, 1.82) is 0 Å². The number of hydrazine groups is 3. The van der Waals surface area contributed by atoms with Gasteiger partial charge in [-0.1, -0.05) is 66.7 Å². The van der Waals surface area contributed by atoms with Crippen molar-refractivity contribution in [2.75, 3.05) is 0 Å². The molecule has 1 aliphatic heterocycles. The monoisotopic (exact) mass is 473 g/mol. The molecule has 3 aromatic rings. The van der Waals surface area contributed by atoms with Crippen molar-refractivity contribution in [3.05, 3.63) is 94.7 Å². The summed E-state index contributed by atoms with van der Waals surface area (Å²) in [5.41, 5.74) is 14.2. The second kappa shape index (κ2) is 10.2. The number of ether oxygens (including phenoxy) is 1. The Morgan fingerprint density at radius 2 is 1.80 bits per heavy atom. The minimum absolute atomic E-state index is 0.0402. The van der Waals surface area contributed by atoms with Gasteiger partial charge in [0.05, 0.1) is 11.3 Å². The van der Waals surface area contributed by atoms with Gasteiger partial charge in [0.25, 0.3) is 0 Å². The van der Waals surface area contributed by atoms with Crippen LogP contribution in [0.1, 0.15) is 29.7 Å². The minimum atomic E-state index is -0.655. The van der Waals surface area contributed by atoms with E-state index in [9.17, 15) is 4.79 Å². The van der Waals surface area contributed by atoms with Crippen LogP contribution in [0.3, 0.4) is 0 Å². The van der Waals surface area contributed by atoms with Gasteiger partial charge in [-0.15, -0.1) is 0 Å². The van der Waals surface area contributed by atoms with Crippen molar-refractivity contribution in [2.45, 2.75) is 19.6 Å².